The van der Waals surface area contributed by atoms with Crippen LogP contribution in [0.3, 0.4) is 0 Å². The summed E-state index contributed by atoms with van der Waals surface area (Å²) in [5.74, 6) is -1.54. The van der Waals surface area contributed by atoms with Crippen molar-refractivity contribution in [1.82, 2.24) is 5.32 Å². The van der Waals surface area contributed by atoms with E-state index >= 15 is 0 Å². The molecule has 0 aliphatic heterocycles. The molecule has 0 fully saturated rings. The number of halogens is 4. The third-order valence-corrected chi connectivity index (χ3v) is 2.50. The van der Waals surface area contributed by atoms with Crippen molar-refractivity contribution in [3.05, 3.63) is 35.1 Å². The molecular formula is C12H13F4NO2. The fourth-order valence-electron chi connectivity index (χ4n) is 1.58. The van der Waals surface area contributed by atoms with Crippen molar-refractivity contribution in [2.75, 3.05) is 13.7 Å². The van der Waals surface area contributed by atoms with Crippen molar-refractivity contribution < 1.29 is 27.1 Å². The van der Waals surface area contributed by atoms with Crippen LogP contribution in [0.1, 0.15) is 17.2 Å². The zero-order chi connectivity index (χ0) is 14.6. The van der Waals surface area contributed by atoms with Crippen LogP contribution in [-0.4, -0.2) is 25.8 Å². The number of benzene rings is 1. The number of nitrogens with one attached hydrogen (secondary N) is 1. The van der Waals surface area contributed by atoms with Crippen LogP contribution in [0.5, 0.6) is 0 Å². The van der Waals surface area contributed by atoms with Crippen LogP contribution >= 0.6 is 0 Å². The van der Waals surface area contributed by atoms with E-state index in [0.717, 1.165) is 19.2 Å². The summed E-state index contributed by atoms with van der Waals surface area (Å²) < 4.78 is 54.2. The number of esters is 1. The Bertz CT molecular complexity index is 460. The number of ether oxygens (including phenoxy) is 1. The van der Waals surface area contributed by atoms with Crippen LogP contribution in [-0.2, 0) is 9.53 Å². The van der Waals surface area contributed by atoms with Gasteiger partial charge in [0.25, 0.3) is 0 Å². The Kier molecular flexibility index (Phi) is 4.88. The molecule has 1 atom stereocenters. The van der Waals surface area contributed by atoms with Gasteiger partial charge in [-0.2, -0.15) is 13.2 Å². The molecule has 1 rings (SSSR count). The van der Waals surface area contributed by atoms with Crippen LogP contribution in [0.2, 0.25) is 0 Å². The molecule has 3 nitrogen and oxygen atoms in total. The lowest BCUT2D eigenvalue weighted by molar-refractivity contribution is -0.146. The second-order valence-electron chi connectivity index (χ2n) is 3.95. The lowest BCUT2D eigenvalue weighted by atomic mass is 10.0. The van der Waals surface area contributed by atoms with Crippen molar-refractivity contribution >= 4 is 5.97 Å². The Morgan fingerprint density at radius 1 is 1.42 bits per heavy atom. The van der Waals surface area contributed by atoms with Crippen molar-refractivity contribution in [3.8, 4) is 0 Å². The Hall–Kier alpha value is -1.63. The van der Waals surface area contributed by atoms with Crippen LogP contribution < -0.4 is 5.32 Å². The average Bonchev–Trinajstić information content (AvgIpc) is 2.31. The first kappa shape index (κ1) is 15.4. The van der Waals surface area contributed by atoms with Gasteiger partial charge in [-0.1, -0.05) is 6.07 Å². The van der Waals surface area contributed by atoms with Gasteiger partial charge in [-0.15, -0.1) is 0 Å². The van der Waals surface area contributed by atoms with Gasteiger partial charge < -0.3 is 4.74 Å². The van der Waals surface area contributed by atoms with E-state index in [1.807, 2.05) is 5.32 Å². The van der Waals surface area contributed by atoms with Crippen molar-refractivity contribution in [1.29, 1.82) is 0 Å². The minimum atomic E-state index is -4.48. The predicted molar refractivity (Wildman–Crippen MR) is 60.0 cm³/mol. The minimum absolute atomic E-state index is 0.121. The number of rotatable bonds is 4. The first-order valence-corrected chi connectivity index (χ1v) is 5.38. The lowest BCUT2D eigenvalue weighted by Crippen LogP contribution is -2.37. The van der Waals surface area contributed by atoms with Gasteiger partial charge >= 0.3 is 12.1 Å². The maximum atomic E-state index is 13.1. The zero-order valence-corrected chi connectivity index (χ0v) is 10.3. The molecule has 0 aromatic heterocycles. The average molecular weight is 279 g/mol. The minimum Gasteiger partial charge on any atom is -0.468 e. The Morgan fingerprint density at radius 2 is 2.05 bits per heavy atom. The normalized spacial score (nSPS) is 13.2. The summed E-state index contributed by atoms with van der Waals surface area (Å²) in [6.45, 7) is 0.197. The number of carbonyl (C=O) groups is 1. The topological polar surface area (TPSA) is 38.3 Å². The summed E-state index contributed by atoms with van der Waals surface area (Å²) >= 11 is 0. The molecule has 0 aliphatic carbocycles. The largest absolute Gasteiger partial charge is 0.468 e. The van der Waals surface area contributed by atoms with E-state index in [2.05, 4.69) is 4.74 Å². The third kappa shape index (κ3) is 4.51. The number of hydrogen-bond acceptors (Lipinski definition) is 3. The van der Waals surface area contributed by atoms with Crippen molar-refractivity contribution in [3.63, 3.8) is 0 Å². The molecule has 0 saturated carbocycles. The third-order valence-electron chi connectivity index (χ3n) is 2.50. The molecule has 0 heterocycles. The number of hydrogen-bond donors (Lipinski definition) is 1. The summed E-state index contributed by atoms with van der Waals surface area (Å²) in [6.07, 6.45) is -4.48. The van der Waals surface area contributed by atoms with E-state index in [1.165, 1.54) is 6.07 Å². The van der Waals surface area contributed by atoms with Crippen molar-refractivity contribution in [2.45, 2.75) is 19.1 Å². The van der Waals surface area contributed by atoms with E-state index in [1.54, 1.807) is 6.92 Å². The Labute approximate surface area is 107 Å². The standard InChI is InChI=1S/C12H13F4NO2/c1-7-3-4-8(13)5-9(7)10(11(18)19-2)17-6-12(14,15)16/h3-5,10,17H,6H2,1-2H3. The highest BCUT2D eigenvalue weighted by atomic mass is 19.4. The first-order chi connectivity index (χ1) is 8.74. The highest BCUT2D eigenvalue weighted by Crippen LogP contribution is 2.22. The molecule has 0 spiro atoms. The van der Waals surface area contributed by atoms with Crippen LogP contribution in [0, 0.1) is 12.7 Å². The van der Waals surface area contributed by atoms with E-state index in [4.69, 9.17) is 0 Å². The monoisotopic (exact) mass is 279 g/mol. The lowest BCUT2D eigenvalue weighted by Gasteiger charge is -2.19. The summed E-state index contributed by atoms with van der Waals surface area (Å²) in [7, 11) is 1.05. The molecule has 0 amide bonds. The SMILES string of the molecule is COC(=O)C(NCC(F)(F)F)c1cc(F)ccc1C. The number of alkyl halides is 3. The van der Waals surface area contributed by atoms with Crippen LogP contribution in [0.15, 0.2) is 18.2 Å². The first-order valence-electron chi connectivity index (χ1n) is 5.38. The maximum Gasteiger partial charge on any atom is 0.401 e. The molecule has 1 aromatic carbocycles. The molecule has 0 aliphatic rings. The fourth-order valence-corrected chi connectivity index (χ4v) is 1.58. The number of aryl methyl sites for hydroxylation is 1. The summed E-state index contributed by atoms with van der Waals surface area (Å²) in [6, 6.07) is 2.20. The molecule has 1 N–H and O–H groups in total. The second-order valence-corrected chi connectivity index (χ2v) is 3.95. The quantitative estimate of drug-likeness (QED) is 0.680. The van der Waals surface area contributed by atoms with Gasteiger partial charge in [0, 0.05) is 0 Å². The number of methoxy groups -OCH3 is 1. The van der Waals surface area contributed by atoms with Crippen LogP contribution in [0.25, 0.3) is 0 Å². The van der Waals surface area contributed by atoms with E-state index in [9.17, 15) is 22.4 Å². The van der Waals surface area contributed by atoms with Gasteiger partial charge in [0.05, 0.1) is 13.7 Å². The van der Waals surface area contributed by atoms with Gasteiger partial charge in [0.15, 0.2) is 0 Å². The summed E-state index contributed by atoms with van der Waals surface area (Å²) in [4.78, 5) is 11.5. The number of carbonyl (C=O) groups excluding carboxylic acids is 1. The molecule has 0 radical (unpaired) electrons. The van der Waals surface area contributed by atoms with E-state index < -0.39 is 30.5 Å². The molecule has 19 heavy (non-hydrogen) atoms. The Morgan fingerprint density at radius 3 is 2.58 bits per heavy atom. The molecule has 1 unspecified atom stereocenters. The fraction of sp³-hybridized carbons (Fsp3) is 0.417. The molecule has 0 bridgehead atoms. The Balaban J connectivity index is 3.03. The van der Waals surface area contributed by atoms with Gasteiger partial charge in [-0.05, 0) is 30.2 Å². The molecule has 1 aromatic rings. The van der Waals surface area contributed by atoms with Gasteiger partial charge in [0.1, 0.15) is 11.9 Å². The molecule has 0 saturated heterocycles. The highest BCUT2D eigenvalue weighted by molar-refractivity contribution is 5.78. The van der Waals surface area contributed by atoms with E-state index in [-0.39, 0.29) is 5.56 Å². The maximum absolute atomic E-state index is 13.1. The van der Waals surface area contributed by atoms with E-state index in [0.29, 0.717) is 5.56 Å². The van der Waals surface area contributed by atoms with Crippen molar-refractivity contribution in [2.24, 2.45) is 0 Å². The molecular weight excluding hydrogens is 266 g/mol. The van der Waals surface area contributed by atoms with Crippen LogP contribution in [0.4, 0.5) is 17.6 Å². The molecule has 106 valence electrons. The summed E-state index contributed by atoms with van der Waals surface area (Å²) in [5.41, 5.74) is 0.613. The van der Waals surface area contributed by atoms with Gasteiger partial charge in [0.2, 0.25) is 0 Å². The second kappa shape index (κ2) is 6.01. The van der Waals surface area contributed by atoms with Gasteiger partial charge in [-0.3, -0.25) is 5.32 Å². The smallest absolute Gasteiger partial charge is 0.401 e. The zero-order valence-electron chi connectivity index (χ0n) is 10.3. The highest BCUT2D eigenvalue weighted by Gasteiger charge is 2.31. The van der Waals surface area contributed by atoms with Gasteiger partial charge in [-0.25, -0.2) is 9.18 Å². The molecule has 7 heteroatoms. The summed E-state index contributed by atoms with van der Waals surface area (Å²) in [5, 5.41) is 2.03. The predicted octanol–water partition coefficient (Wildman–Crippen LogP) is 2.50.